The van der Waals surface area contributed by atoms with E-state index in [0.717, 1.165) is 19.3 Å². The number of carbonyl (C=O) groups excluding carboxylic acids is 1. The second-order valence-corrected chi connectivity index (χ2v) is 5.31. The van der Waals surface area contributed by atoms with Gasteiger partial charge >= 0.3 is 6.09 Å². The Morgan fingerprint density at radius 3 is 2.75 bits per heavy atom. The van der Waals surface area contributed by atoms with Crippen molar-refractivity contribution in [2.75, 3.05) is 6.54 Å². The molecule has 0 saturated heterocycles. The van der Waals surface area contributed by atoms with E-state index in [1.165, 1.54) is 0 Å². The molecule has 1 aliphatic rings. The molecule has 0 aromatic heterocycles. The van der Waals surface area contributed by atoms with Gasteiger partial charge in [0.05, 0.1) is 12.0 Å². The minimum atomic E-state index is -0.464. The van der Waals surface area contributed by atoms with Gasteiger partial charge in [-0.05, 0) is 39.5 Å². The van der Waals surface area contributed by atoms with Gasteiger partial charge in [-0.2, -0.15) is 5.26 Å². The van der Waals surface area contributed by atoms with E-state index in [4.69, 9.17) is 10.00 Å². The average Bonchev–Trinajstić information content (AvgIpc) is 2.59. The minimum absolute atomic E-state index is 0.0925. The van der Waals surface area contributed by atoms with Gasteiger partial charge in [-0.1, -0.05) is 6.42 Å². The van der Waals surface area contributed by atoms with Crippen LogP contribution in [0.15, 0.2) is 0 Å². The van der Waals surface area contributed by atoms with Crippen LogP contribution in [0.1, 0.15) is 40.0 Å². The van der Waals surface area contributed by atoms with Crippen molar-refractivity contribution in [3.05, 3.63) is 0 Å². The van der Waals surface area contributed by atoms with Gasteiger partial charge in [0.15, 0.2) is 0 Å². The smallest absolute Gasteiger partial charge is 0.407 e. The van der Waals surface area contributed by atoms with Crippen molar-refractivity contribution < 1.29 is 9.53 Å². The summed E-state index contributed by atoms with van der Waals surface area (Å²) in [6, 6.07) is 2.29. The van der Waals surface area contributed by atoms with Crippen molar-refractivity contribution in [3.8, 4) is 6.07 Å². The number of hydrogen-bond donors (Lipinski definition) is 1. The van der Waals surface area contributed by atoms with Crippen molar-refractivity contribution in [2.45, 2.75) is 45.6 Å². The average molecular weight is 224 g/mol. The molecule has 4 nitrogen and oxygen atoms in total. The molecule has 0 aliphatic heterocycles. The normalized spacial score (nSPS) is 24.9. The highest BCUT2D eigenvalue weighted by atomic mass is 16.6. The first-order valence-corrected chi connectivity index (χ1v) is 5.79. The Morgan fingerprint density at radius 2 is 2.19 bits per heavy atom. The van der Waals surface area contributed by atoms with Crippen LogP contribution >= 0.6 is 0 Å². The van der Waals surface area contributed by atoms with Crippen LogP contribution in [-0.4, -0.2) is 18.2 Å². The number of ether oxygens (including phenoxy) is 1. The molecule has 0 bridgehead atoms. The molecule has 0 heterocycles. The number of nitriles is 1. The van der Waals surface area contributed by atoms with Crippen LogP contribution in [0.5, 0.6) is 0 Å². The molecule has 16 heavy (non-hydrogen) atoms. The summed E-state index contributed by atoms with van der Waals surface area (Å²) in [7, 11) is 0. The predicted octanol–water partition coefficient (Wildman–Crippen LogP) is 2.45. The number of hydrogen-bond acceptors (Lipinski definition) is 3. The lowest BCUT2D eigenvalue weighted by molar-refractivity contribution is 0.0517. The van der Waals surface area contributed by atoms with Gasteiger partial charge in [0.2, 0.25) is 0 Å². The highest BCUT2D eigenvalue weighted by Gasteiger charge is 2.27. The summed E-state index contributed by atoms with van der Waals surface area (Å²) < 4.78 is 5.13. The van der Waals surface area contributed by atoms with Crippen molar-refractivity contribution in [1.82, 2.24) is 5.32 Å². The number of alkyl carbamates (subject to hydrolysis) is 1. The van der Waals surface area contributed by atoms with Crippen LogP contribution < -0.4 is 5.32 Å². The van der Waals surface area contributed by atoms with E-state index in [2.05, 4.69) is 11.4 Å². The van der Waals surface area contributed by atoms with Crippen molar-refractivity contribution in [2.24, 2.45) is 11.8 Å². The Morgan fingerprint density at radius 1 is 1.50 bits per heavy atom. The molecule has 2 atom stereocenters. The second kappa shape index (κ2) is 5.20. The lowest BCUT2D eigenvalue weighted by Gasteiger charge is -2.21. The van der Waals surface area contributed by atoms with Gasteiger partial charge in [-0.15, -0.1) is 0 Å². The number of amides is 1. The first-order chi connectivity index (χ1) is 7.42. The van der Waals surface area contributed by atoms with Crippen LogP contribution in [0.2, 0.25) is 0 Å². The van der Waals surface area contributed by atoms with Gasteiger partial charge < -0.3 is 10.1 Å². The molecule has 0 spiro atoms. The maximum absolute atomic E-state index is 11.4. The van der Waals surface area contributed by atoms with Gasteiger partial charge in [0.25, 0.3) is 0 Å². The summed E-state index contributed by atoms with van der Waals surface area (Å²) in [5.41, 5.74) is -0.464. The van der Waals surface area contributed by atoms with E-state index in [0.29, 0.717) is 6.54 Å². The van der Waals surface area contributed by atoms with Gasteiger partial charge in [-0.25, -0.2) is 4.79 Å². The fourth-order valence-corrected chi connectivity index (χ4v) is 1.98. The summed E-state index contributed by atoms with van der Waals surface area (Å²) >= 11 is 0. The van der Waals surface area contributed by atoms with E-state index >= 15 is 0 Å². The zero-order chi connectivity index (χ0) is 12.2. The van der Waals surface area contributed by atoms with Crippen LogP contribution in [0, 0.1) is 23.2 Å². The highest BCUT2D eigenvalue weighted by molar-refractivity contribution is 5.67. The lowest BCUT2D eigenvalue weighted by atomic mass is 9.98. The third-order valence-corrected chi connectivity index (χ3v) is 2.73. The lowest BCUT2D eigenvalue weighted by Crippen LogP contribution is -2.35. The third-order valence-electron chi connectivity index (χ3n) is 2.73. The van der Waals surface area contributed by atoms with Gasteiger partial charge in [0.1, 0.15) is 5.60 Å². The topological polar surface area (TPSA) is 62.1 Å². The number of nitrogens with zero attached hydrogens (tertiary/aromatic N) is 1. The molecule has 0 unspecified atom stereocenters. The molecular weight excluding hydrogens is 204 g/mol. The van der Waals surface area contributed by atoms with E-state index in [-0.39, 0.29) is 11.8 Å². The van der Waals surface area contributed by atoms with Gasteiger partial charge in [-0.3, -0.25) is 0 Å². The van der Waals surface area contributed by atoms with Crippen molar-refractivity contribution in [1.29, 1.82) is 5.26 Å². The Balaban J connectivity index is 2.30. The van der Waals surface area contributed by atoms with E-state index in [9.17, 15) is 4.79 Å². The zero-order valence-corrected chi connectivity index (χ0v) is 10.2. The fourth-order valence-electron chi connectivity index (χ4n) is 1.98. The Kier molecular flexibility index (Phi) is 4.17. The second-order valence-electron chi connectivity index (χ2n) is 5.31. The fraction of sp³-hybridized carbons (Fsp3) is 0.833. The maximum Gasteiger partial charge on any atom is 0.407 e. The predicted molar refractivity (Wildman–Crippen MR) is 60.7 cm³/mol. The molecule has 90 valence electrons. The molecule has 1 saturated carbocycles. The Labute approximate surface area is 97.0 Å². The molecule has 0 aromatic rings. The molecule has 1 amide bonds. The van der Waals surface area contributed by atoms with E-state index in [1.54, 1.807) is 0 Å². The van der Waals surface area contributed by atoms with Crippen LogP contribution in [0.25, 0.3) is 0 Å². The van der Waals surface area contributed by atoms with Crippen molar-refractivity contribution >= 4 is 6.09 Å². The Bertz CT molecular complexity index is 288. The molecule has 1 aliphatic carbocycles. The number of rotatable bonds is 2. The van der Waals surface area contributed by atoms with Crippen LogP contribution in [0.4, 0.5) is 4.79 Å². The first-order valence-electron chi connectivity index (χ1n) is 5.79. The van der Waals surface area contributed by atoms with Crippen LogP contribution in [0.3, 0.4) is 0 Å². The minimum Gasteiger partial charge on any atom is -0.444 e. The van der Waals surface area contributed by atoms with E-state index < -0.39 is 11.7 Å². The summed E-state index contributed by atoms with van der Waals surface area (Å²) in [5, 5.41) is 11.6. The molecular formula is C12H20N2O2. The van der Waals surface area contributed by atoms with Crippen LogP contribution in [-0.2, 0) is 4.74 Å². The molecule has 1 fully saturated rings. The van der Waals surface area contributed by atoms with Crippen molar-refractivity contribution in [3.63, 3.8) is 0 Å². The highest BCUT2D eigenvalue weighted by Crippen LogP contribution is 2.30. The maximum atomic E-state index is 11.4. The molecule has 1 N–H and O–H groups in total. The summed E-state index contributed by atoms with van der Waals surface area (Å²) in [4.78, 5) is 11.4. The van der Waals surface area contributed by atoms with Gasteiger partial charge in [0, 0.05) is 6.54 Å². The third kappa shape index (κ3) is 4.09. The largest absolute Gasteiger partial charge is 0.444 e. The summed E-state index contributed by atoms with van der Waals surface area (Å²) in [6.07, 6.45) is 2.67. The molecule has 0 aromatic carbocycles. The monoisotopic (exact) mass is 224 g/mol. The number of carbonyl (C=O) groups is 1. The Hall–Kier alpha value is -1.24. The molecule has 1 rings (SSSR count). The first kappa shape index (κ1) is 12.8. The standard InChI is InChI=1S/C12H20N2O2/c1-12(2,3)16-11(15)14-8-10-6-4-5-9(10)7-13/h9-10H,4-6,8H2,1-3H3,(H,14,15)/t9-,10-/m0/s1. The summed E-state index contributed by atoms with van der Waals surface area (Å²) in [5.74, 6) is 0.382. The quantitative estimate of drug-likeness (QED) is 0.783. The van der Waals surface area contributed by atoms with E-state index in [1.807, 2.05) is 20.8 Å². The zero-order valence-electron chi connectivity index (χ0n) is 10.2. The SMILES string of the molecule is CC(C)(C)OC(=O)NC[C@@H]1CCC[C@H]1C#N. The number of nitrogens with one attached hydrogen (secondary N) is 1. The molecule has 0 radical (unpaired) electrons. The summed E-state index contributed by atoms with van der Waals surface area (Å²) in [6.45, 7) is 6.05. The molecule has 4 heteroatoms.